The van der Waals surface area contributed by atoms with Crippen LogP contribution in [-0.2, 0) is 20.9 Å². The number of carbonyl (C=O) groups excluding carboxylic acids is 1. The highest BCUT2D eigenvalue weighted by Gasteiger charge is 2.37. The molecule has 0 aliphatic heterocycles. The average molecular weight is 396 g/mol. The lowest BCUT2D eigenvalue weighted by Gasteiger charge is -2.21. The molecule has 0 spiro atoms. The van der Waals surface area contributed by atoms with Crippen LogP contribution in [0.1, 0.15) is 25.2 Å². The molecule has 0 radical (unpaired) electrons. The van der Waals surface area contributed by atoms with Crippen LogP contribution in [0.5, 0.6) is 0 Å². The van der Waals surface area contributed by atoms with Crippen molar-refractivity contribution in [2.45, 2.75) is 25.8 Å². The zero-order valence-electron chi connectivity index (χ0n) is 13.5. The number of fused-ring (bicyclic) bond motifs is 1. The number of pyridine rings is 1. The Morgan fingerprint density at radius 3 is 2.48 bits per heavy atom. The molecule has 0 unspecified atom stereocenters. The van der Waals surface area contributed by atoms with Gasteiger partial charge in [-0.1, -0.05) is 35.3 Å². The third-order valence-electron chi connectivity index (χ3n) is 3.96. The summed E-state index contributed by atoms with van der Waals surface area (Å²) >= 11 is 15.7. The van der Waals surface area contributed by atoms with Crippen LogP contribution >= 0.6 is 36.1 Å². The fraction of sp³-hybridized carbons (Fsp3) is 0.235. The van der Waals surface area contributed by atoms with Gasteiger partial charge in [0, 0.05) is 17.9 Å². The summed E-state index contributed by atoms with van der Waals surface area (Å²) in [4.78, 5) is 21.2. The second-order valence-corrected chi connectivity index (χ2v) is 7.13. The van der Waals surface area contributed by atoms with Crippen LogP contribution in [0.15, 0.2) is 36.4 Å². The molecule has 1 aromatic carbocycles. The number of halogens is 2. The van der Waals surface area contributed by atoms with E-state index in [0.717, 1.165) is 5.56 Å². The number of rotatable bonds is 4. The summed E-state index contributed by atoms with van der Waals surface area (Å²) in [6.45, 7) is 3.92. The number of benzene rings is 1. The Balaban J connectivity index is 2.19. The lowest BCUT2D eigenvalue weighted by molar-refractivity contribution is -0.138. The van der Waals surface area contributed by atoms with Gasteiger partial charge < -0.3 is 8.75 Å². The molecule has 0 atom stereocenters. The summed E-state index contributed by atoms with van der Waals surface area (Å²) in [5.41, 5.74) is 1.22. The molecule has 2 aromatic heterocycles. The number of imidazole rings is 1. The second kappa shape index (κ2) is 6.86. The lowest BCUT2D eigenvalue weighted by atomic mass is 9.92. The lowest BCUT2D eigenvalue weighted by Crippen LogP contribution is -2.33. The molecule has 0 saturated carbocycles. The highest BCUT2D eigenvalue weighted by molar-refractivity contribution is 7.75. The van der Waals surface area contributed by atoms with E-state index in [4.69, 9.17) is 23.2 Å². The third kappa shape index (κ3) is 3.47. The van der Waals surface area contributed by atoms with Crippen molar-refractivity contribution in [3.63, 3.8) is 0 Å². The van der Waals surface area contributed by atoms with Crippen LogP contribution in [0.2, 0.25) is 10.2 Å². The van der Waals surface area contributed by atoms with Gasteiger partial charge in [-0.2, -0.15) is 0 Å². The summed E-state index contributed by atoms with van der Waals surface area (Å²) in [7, 11) is 0. The Hall–Kier alpha value is -1.76. The van der Waals surface area contributed by atoms with Crippen molar-refractivity contribution < 1.29 is 8.98 Å². The first-order chi connectivity index (χ1) is 11.8. The van der Waals surface area contributed by atoms with Gasteiger partial charge in [0.1, 0.15) is 21.9 Å². The largest absolute Gasteiger partial charge is 0.394 e. The maximum absolute atomic E-state index is 12.2. The Morgan fingerprint density at radius 2 is 1.84 bits per heavy atom. The number of carbonyl (C=O) groups is 1. The highest BCUT2D eigenvalue weighted by atomic mass is 35.5. The van der Waals surface area contributed by atoms with E-state index in [0.29, 0.717) is 33.7 Å². The van der Waals surface area contributed by atoms with E-state index in [-0.39, 0.29) is 0 Å². The quantitative estimate of drug-likeness (QED) is 0.402. The first kappa shape index (κ1) is 18.0. The molecule has 130 valence electrons. The summed E-state index contributed by atoms with van der Waals surface area (Å²) < 4.78 is 6.50. The molecule has 3 rings (SSSR count). The molecule has 0 aliphatic rings. The molecular formula is C17H15Cl2N3O2S. The minimum absolute atomic E-state index is 0.353. The van der Waals surface area contributed by atoms with Gasteiger partial charge in [-0.05, 0) is 43.7 Å². The monoisotopic (exact) mass is 395 g/mol. The molecule has 0 amide bonds. The minimum Gasteiger partial charge on any atom is -0.394 e. The van der Waals surface area contributed by atoms with Crippen molar-refractivity contribution in [2.24, 2.45) is 0 Å². The maximum Gasteiger partial charge on any atom is 0.330 e. The summed E-state index contributed by atoms with van der Waals surface area (Å²) in [6.07, 6.45) is 0. The van der Waals surface area contributed by atoms with Gasteiger partial charge in [-0.25, -0.2) is 14.8 Å². The van der Waals surface area contributed by atoms with Crippen molar-refractivity contribution in [1.82, 2.24) is 14.5 Å². The van der Waals surface area contributed by atoms with Crippen LogP contribution < -0.4 is 0 Å². The van der Waals surface area contributed by atoms with E-state index < -0.39 is 11.4 Å². The predicted octanol–water partition coefficient (Wildman–Crippen LogP) is 4.45. The SMILES string of the molecule is CC(C)(C(=O)OS)c1nc2ccc(Cl)nc2n1Cc1ccc(Cl)cc1. The van der Waals surface area contributed by atoms with Gasteiger partial charge in [0.25, 0.3) is 0 Å². The molecule has 8 heteroatoms. The van der Waals surface area contributed by atoms with Crippen molar-refractivity contribution in [2.75, 3.05) is 0 Å². The molecule has 0 saturated heterocycles. The molecule has 25 heavy (non-hydrogen) atoms. The molecule has 0 fully saturated rings. The first-order valence-corrected chi connectivity index (χ1v) is 8.58. The fourth-order valence-electron chi connectivity index (χ4n) is 2.58. The smallest absolute Gasteiger partial charge is 0.330 e. The first-order valence-electron chi connectivity index (χ1n) is 7.46. The third-order valence-corrected chi connectivity index (χ3v) is 4.59. The van der Waals surface area contributed by atoms with Crippen LogP contribution in [-0.4, -0.2) is 20.5 Å². The van der Waals surface area contributed by atoms with Crippen LogP contribution in [0.3, 0.4) is 0 Å². The zero-order chi connectivity index (χ0) is 18.2. The highest BCUT2D eigenvalue weighted by Crippen LogP contribution is 2.29. The van der Waals surface area contributed by atoms with E-state index in [1.165, 1.54) is 0 Å². The average Bonchev–Trinajstić information content (AvgIpc) is 2.94. The molecular weight excluding hydrogens is 381 g/mol. The van der Waals surface area contributed by atoms with Gasteiger partial charge >= 0.3 is 5.97 Å². The molecule has 2 heterocycles. The second-order valence-electron chi connectivity index (χ2n) is 6.13. The number of aromatic nitrogens is 3. The fourth-order valence-corrected chi connectivity index (χ4v) is 3.08. The number of nitrogens with zero attached hydrogens (tertiary/aromatic N) is 3. The Labute approximate surface area is 160 Å². The molecule has 0 N–H and O–H groups in total. The van der Waals surface area contributed by atoms with E-state index in [9.17, 15) is 4.79 Å². The van der Waals surface area contributed by atoms with E-state index in [1.807, 2.05) is 28.8 Å². The van der Waals surface area contributed by atoms with Gasteiger partial charge in [0.2, 0.25) is 0 Å². The minimum atomic E-state index is -1.01. The Bertz CT molecular complexity index is 939. The van der Waals surface area contributed by atoms with Gasteiger partial charge in [0.15, 0.2) is 5.65 Å². The van der Waals surface area contributed by atoms with Gasteiger partial charge in [-0.3, -0.25) is 0 Å². The summed E-state index contributed by atoms with van der Waals surface area (Å²) in [5, 5.41) is 1.01. The molecule has 3 aromatic rings. The molecule has 5 nitrogen and oxygen atoms in total. The molecule has 0 aliphatic carbocycles. The number of thiol groups is 1. The van der Waals surface area contributed by atoms with Crippen LogP contribution in [0.25, 0.3) is 11.2 Å². The van der Waals surface area contributed by atoms with E-state index in [2.05, 4.69) is 27.1 Å². The van der Waals surface area contributed by atoms with Gasteiger partial charge in [-0.15, -0.1) is 0 Å². The summed E-state index contributed by atoms with van der Waals surface area (Å²) in [5.74, 6) is 0.0147. The molecule has 0 bridgehead atoms. The topological polar surface area (TPSA) is 57.0 Å². The van der Waals surface area contributed by atoms with Crippen molar-refractivity contribution in [3.05, 3.63) is 58.0 Å². The van der Waals surface area contributed by atoms with Crippen LogP contribution in [0, 0.1) is 0 Å². The van der Waals surface area contributed by atoms with Crippen molar-refractivity contribution >= 4 is 53.2 Å². The maximum atomic E-state index is 12.2. The standard InChI is InChI=1S/C17H15Cl2N3O2S/c1-17(2,16(23)24-25)15-20-12-7-8-13(19)21-14(12)22(15)9-10-3-5-11(18)6-4-10/h3-8,25H,9H2,1-2H3. The zero-order valence-corrected chi connectivity index (χ0v) is 15.9. The number of hydrogen-bond acceptors (Lipinski definition) is 5. The van der Waals surface area contributed by atoms with Crippen molar-refractivity contribution in [1.29, 1.82) is 0 Å². The van der Waals surface area contributed by atoms with Crippen molar-refractivity contribution in [3.8, 4) is 0 Å². The van der Waals surface area contributed by atoms with E-state index >= 15 is 0 Å². The van der Waals surface area contributed by atoms with Crippen LogP contribution in [0.4, 0.5) is 0 Å². The Kier molecular flexibility index (Phi) is 4.95. The van der Waals surface area contributed by atoms with Gasteiger partial charge in [0.05, 0.1) is 6.54 Å². The summed E-state index contributed by atoms with van der Waals surface area (Å²) in [6, 6.07) is 10.9. The Morgan fingerprint density at radius 1 is 1.16 bits per heavy atom. The predicted molar refractivity (Wildman–Crippen MR) is 101 cm³/mol. The number of hydrogen-bond donors (Lipinski definition) is 1. The van der Waals surface area contributed by atoms with E-state index in [1.54, 1.807) is 26.0 Å². The normalized spacial score (nSPS) is 11.7.